The first-order chi connectivity index (χ1) is 10.2. The predicted octanol–water partition coefficient (Wildman–Crippen LogP) is 4.83. The van der Waals surface area contributed by atoms with Crippen molar-refractivity contribution >= 4 is 17.4 Å². The van der Waals surface area contributed by atoms with Gasteiger partial charge in [0.05, 0.1) is 0 Å². The molecule has 3 nitrogen and oxygen atoms in total. The van der Waals surface area contributed by atoms with Crippen LogP contribution in [0, 0.1) is 5.92 Å². The van der Waals surface area contributed by atoms with Crippen molar-refractivity contribution in [2.75, 3.05) is 5.73 Å². The summed E-state index contributed by atoms with van der Waals surface area (Å²) in [6.45, 7) is 0. The summed E-state index contributed by atoms with van der Waals surface area (Å²) in [4.78, 5) is 0. The highest BCUT2D eigenvalue weighted by Crippen LogP contribution is 2.33. The number of aromatic nitrogens is 2. The van der Waals surface area contributed by atoms with Gasteiger partial charge in [0.1, 0.15) is 0 Å². The third-order valence-electron chi connectivity index (χ3n) is 4.47. The second-order valence-electron chi connectivity index (χ2n) is 6.03. The molecule has 1 aliphatic rings. The van der Waals surface area contributed by atoms with Crippen LogP contribution < -0.4 is 5.73 Å². The first-order valence-electron chi connectivity index (χ1n) is 7.82. The molecule has 3 N–H and O–H groups in total. The lowest BCUT2D eigenvalue weighted by molar-refractivity contribution is 0.453. The van der Waals surface area contributed by atoms with Gasteiger partial charge in [-0.1, -0.05) is 62.3 Å². The number of nitrogens with two attached hydrogens (primary N) is 1. The Morgan fingerprint density at radius 1 is 1.10 bits per heavy atom. The van der Waals surface area contributed by atoms with Crippen molar-refractivity contribution in [3.63, 3.8) is 0 Å². The molecular weight excluding hydrogens is 282 g/mol. The molecule has 0 unspecified atom stereocenters. The lowest BCUT2D eigenvalue weighted by Crippen LogP contribution is -2.04. The van der Waals surface area contributed by atoms with Gasteiger partial charge in [0.15, 0.2) is 5.82 Å². The fourth-order valence-electron chi connectivity index (χ4n) is 3.34. The third kappa shape index (κ3) is 3.41. The van der Waals surface area contributed by atoms with Crippen molar-refractivity contribution in [2.24, 2.45) is 5.92 Å². The molecule has 0 saturated heterocycles. The van der Waals surface area contributed by atoms with Crippen LogP contribution in [-0.4, -0.2) is 10.2 Å². The van der Waals surface area contributed by atoms with E-state index in [9.17, 15) is 0 Å². The zero-order valence-corrected chi connectivity index (χ0v) is 13.0. The molecule has 1 heterocycles. The second kappa shape index (κ2) is 6.52. The monoisotopic (exact) mass is 303 g/mol. The first-order valence-corrected chi connectivity index (χ1v) is 8.20. The molecule has 0 spiro atoms. The van der Waals surface area contributed by atoms with Crippen LogP contribution >= 0.6 is 11.6 Å². The molecule has 0 bridgehead atoms. The molecule has 1 fully saturated rings. The van der Waals surface area contributed by atoms with Gasteiger partial charge in [-0.05, 0) is 30.0 Å². The van der Waals surface area contributed by atoms with E-state index in [1.54, 1.807) is 0 Å². The number of hydrogen-bond acceptors (Lipinski definition) is 2. The summed E-state index contributed by atoms with van der Waals surface area (Å²) >= 11 is 5.97. The summed E-state index contributed by atoms with van der Waals surface area (Å²) < 4.78 is 0. The molecule has 21 heavy (non-hydrogen) atoms. The van der Waals surface area contributed by atoms with Crippen LogP contribution in [0.15, 0.2) is 24.3 Å². The molecular formula is C17H22ClN3. The van der Waals surface area contributed by atoms with E-state index in [4.69, 9.17) is 17.3 Å². The molecule has 0 aliphatic heterocycles. The normalized spacial score (nSPS) is 16.8. The Morgan fingerprint density at radius 3 is 2.43 bits per heavy atom. The predicted molar refractivity (Wildman–Crippen MR) is 88.3 cm³/mol. The number of aromatic amines is 1. The number of benzene rings is 1. The maximum absolute atomic E-state index is 6.07. The minimum absolute atomic E-state index is 0.584. The smallest absolute Gasteiger partial charge is 0.153 e. The lowest BCUT2D eigenvalue weighted by atomic mass is 9.92. The minimum atomic E-state index is 0.584. The van der Waals surface area contributed by atoms with Crippen molar-refractivity contribution in [2.45, 2.75) is 44.9 Å². The molecule has 0 atom stereocenters. The van der Waals surface area contributed by atoms with E-state index in [0.717, 1.165) is 28.5 Å². The zero-order valence-electron chi connectivity index (χ0n) is 12.2. The molecule has 0 amide bonds. The number of rotatable bonds is 3. The van der Waals surface area contributed by atoms with Crippen LogP contribution in [0.4, 0.5) is 5.82 Å². The van der Waals surface area contributed by atoms with Crippen LogP contribution in [-0.2, 0) is 6.42 Å². The largest absolute Gasteiger partial charge is 0.382 e. The fraction of sp³-hybridized carbons (Fsp3) is 0.471. The van der Waals surface area contributed by atoms with E-state index in [2.05, 4.69) is 10.2 Å². The van der Waals surface area contributed by atoms with E-state index >= 15 is 0 Å². The van der Waals surface area contributed by atoms with Gasteiger partial charge in [-0.3, -0.25) is 5.10 Å². The number of hydrogen-bond donors (Lipinski definition) is 2. The number of nitrogen functional groups attached to an aromatic ring is 1. The van der Waals surface area contributed by atoms with Crippen LogP contribution in [0.2, 0.25) is 5.02 Å². The van der Waals surface area contributed by atoms with E-state index in [0.29, 0.717) is 5.82 Å². The standard InChI is InChI=1S/C17H22ClN3/c18-14-9-7-13(8-10-14)16-15(20-21-17(16)19)11-12-5-3-1-2-4-6-12/h7-10,12H,1-6,11H2,(H3,19,20,21). The quantitative estimate of drug-likeness (QED) is 0.798. The Morgan fingerprint density at radius 2 is 1.76 bits per heavy atom. The Kier molecular flexibility index (Phi) is 4.49. The fourth-order valence-corrected chi connectivity index (χ4v) is 3.46. The van der Waals surface area contributed by atoms with Crippen LogP contribution in [0.1, 0.15) is 44.2 Å². The molecule has 4 heteroatoms. The van der Waals surface area contributed by atoms with Gasteiger partial charge >= 0.3 is 0 Å². The molecule has 1 saturated carbocycles. The Labute approximate surface area is 130 Å². The van der Waals surface area contributed by atoms with E-state index < -0.39 is 0 Å². The van der Waals surface area contributed by atoms with Crippen molar-refractivity contribution in [3.8, 4) is 11.1 Å². The lowest BCUT2D eigenvalue weighted by Gasteiger charge is -2.14. The van der Waals surface area contributed by atoms with Gasteiger partial charge in [0.25, 0.3) is 0 Å². The number of nitrogens with zero attached hydrogens (tertiary/aromatic N) is 1. The maximum atomic E-state index is 6.07. The molecule has 1 aromatic heterocycles. The highest BCUT2D eigenvalue weighted by atomic mass is 35.5. The van der Waals surface area contributed by atoms with Gasteiger partial charge in [0.2, 0.25) is 0 Å². The summed E-state index contributed by atoms with van der Waals surface area (Å²) in [5.74, 6) is 1.33. The van der Waals surface area contributed by atoms with E-state index in [-0.39, 0.29) is 0 Å². The number of H-pyrrole nitrogens is 1. The van der Waals surface area contributed by atoms with E-state index in [1.165, 1.54) is 44.2 Å². The van der Waals surface area contributed by atoms with Gasteiger partial charge in [-0.25, -0.2) is 0 Å². The molecule has 0 radical (unpaired) electrons. The third-order valence-corrected chi connectivity index (χ3v) is 4.72. The van der Waals surface area contributed by atoms with Crippen LogP contribution in [0.3, 0.4) is 0 Å². The van der Waals surface area contributed by atoms with Gasteiger partial charge in [0, 0.05) is 16.3 Å². The summed E-state index contributed by atoms with van der Waals surface area (Å²) in [5.41, 5.74) is 9.38. The first kappa shape index (κ1) is 14.5. The summed E-state index contributed by atoms with van der Waals surface area (Å²) in [6.07, 6.45) is 9.15. The van der Waals surface area contributed by atoms with Crippen molar-refractivity contribution < 1.29 is 0 Å². The Balaban J connectivity index is 1.84. The summed E-state index contributed by atoms with van der Waals surface area (Å²) in [7, 11) is 0. The van der Waals surface area contributed by atoms with Crippen LogP contribution in [0.5, 0.6) is 0 Å². The molecule has 1 aliphatic carbocycles. The summed E-state index contributed by atoms with van der Waals surface area (Å²) in [6, 6.07) is 7.83. The van der Waals surface area contributed by atoms with Crippen molar-refractivity contribution in [3.05, 3.63) is 35.0 Å². The molecule has 1 aromatic carbocycles. The second-order valence-corrected chi connectivity index (χ2v) is 6.47. The van der Waals surface area contributed by atoms with Crippen molar-refractivity contribution in [1.29, 1.82) is 0 Å². The van der Waals surface area contributed by atoms with Gasteiger partial charge < -0.3 is 5.73 Å². The van der Waals surface area contributed by atoms with Crippen molar-refractivity contribution in [1.82, 2.24) is 10.2 Å². The summed E-state index contributed by atoms with van der Waals surface area (Å²) in [5, 5.41) is 8.11. The SMILES string of the molecule is Nc1n[nH]c(CC2CCCCCC2)c1-c1ccc(Cl)cc1. The Hall–Kier alpha value is -1.48. The average Bonchev–Trinajstić information content (AvgIpc) is 2.69. The highest BCUT2D eigenvalue weighted by Gasteiger charge is 2.18. The zero-order chi connectivity index (χ0) is 14.7. The highest BCUT2D eigenvalue weighted by molar-refractivity contribution is 6.30. The van der Waals surface area contributed by atoms with Gasteiger partial charge in [-0.2, -0.15) is 5.10 Å². The molecule has 3 rings (SSSR count). The van der Waals surface area contributed by atoms with Gasteiger partial charge in [-0.15, -0.1) is 0 Å². The number of anilines is 1. The molecule has 2 aromatic rings. The minimum Gasteiger partial charge on any atom is -0.382 e. The molecule has 112 valence electrons. The van der Waals surface area contributed by atoms with E-state index in [1.807, 2.05) is 24.3 Å². The topological polar surface area (TPSA) is 54.7 Å². The average molecular weight is 304 g/mol. The number of halogens is 1. The number of nitrogens with one attached hydrogen (secondary N) is 1. The maximum Gasteiger partial charge on any atom is 0.153 e. The Bertz CT molecular complexity index is 581. The van der Waals surface area contributed by atoms with Crippen LogP contribution in [0.25, 0.3) is 11.1 Å².